The quantitative estimate of drug-likeness (QED) is 0.332. The third-order valence-corrected chi connectivity index (χ3v) is 5.79. The summed E-state index contributed by atoms with van der Waals surface area (Å²) in [5, 5.41) is 15.9. The highest BCUT2D eigenvalue weighted by atomic mass is 79.9. The van der Waals surface area contributed by atoms with Crippen molar-refractivity contribution >= 4 is 54.8 Å². The lowest BCUT2D eigenvalue weighted by molar-refractivity contribution is -0.384. The van der Waals surface area contributed by atoms with E-state index < -0.39 is 4.92 Å². The van der Waals surface area contributed by atoms with Crippen LogP contribution in [0.4, 0.5) is 11.4 Å². The fraction of sp³-hybridized carbons (Fsp3) is 0.0500. The van der Waals surface area contributed by atoms with Gasteiger partial charge in [0, 0.05) is 33.2 Å². The first kappa shape index (κ1) is 19.9. The summed E-state index contributed by atoms with van der Waals surface area (Å²) < 4.78 is 2.11. The van der Waals surface area contributed by atoms with E-state index in [9.17, 15) is 19.7 Å². The molecule has 0 radical (unpaired) electrons. The molecular formula is C20H13BrN4O4S. The monoisotopic (exact) mass is 484 g/mol. The Kier molecular flexibility index (Phi) is 5.42. The molecule has 4 rings (SSSR count). The molecule has 10 heteroatoms. The van der Waals surface area contributed by atoms with Crippen molar-refractivity contribution in [3.8, 4) is 11.1 Å². The molecule has 0 spiro atoms. The second-order valence-electron chi connectivity index (χ2n) is 6.37. The molecule has 1 N–H and O–H groups in total. The summed E-state index contributed by atoms with van der Waals surface area (Å²) in [7, 11) is 0. The highest BCUT2D eigenvalue weighted by Gasteiger charge is 2.16. The summed E-state index contributed by atoms with van der Waals surface area (Å²) in [5.74, 6) is -0.368. The first-order valence-electron chi connectivity index (χ1n) is 8.69. The van der Waals surface area contributed by atoms with Crippen LogP contribution in [0.3, 0.4) is 0 Å². The molecule has 0 saturated carbocycles. The van der Waals surface area contributed by atoms with Crippen molar-refractivity contribution in [2.75, 3.05) is 5.32 Å². The number of carbonyl (C=O) groups is 1. The van der Waals surface area contributed by atoms with Crippen LogP contribution >= 0.6 is 27.3 Å². The number of nitrogens with zero attached hydrogens (tertiary/aromatic N) is 3. The predicted octanol–water partition coefficient (Wildman–Crippen LogP) is 4.43. The number of non-ortho nitro benzene ring substituents is 1. The largest absolute Gasteiger partial charge is 0.325 e. The van der Waals surface area contributed by atoms with E-state index in [1.807, 2.05) is 0 Å². The van der Waals surface area contributed by atoms with Gasteiger partial charge in [-0.2, -0.15) is 0 Å². The average Bonchev–Trinajstić information content (AvgIpc) is 3.17. The molecule has 8 nitrogen and oxygen atoms in total. The van der Waals surface area contributed by atoms with Crippen molar-refractivity contribution < 1.29 is 9.72 Å². The average molecular weight is 485 g/mol. The number of anilines is 1. The van der Waals surface area contributed by atoms with Gasteiger partial charge in [-0.05, 0) is 29.8 Å². The Morgan fingerprint density at radius 1 is 1.23 bits per heavy atom. The van der Waals surface area contributed by atoms with Crippen molar-refractivity contribution in [2.24, 2.45) is 0 Å². The molecule has 0 bridgehead atoms. The second kappa shape index (κ2) is 8.17. The Labute approximate surface area is 182 Å². The topological polar surface area (TPSA) is 107 Å². The Hall–Kier alpha value is -3.37. The Morgan fingerprint density at radius 3 is 2.73 bits per heavy atom. The van der Waals surface area contributed by atoms with Gasteiger partial charge < -0.3 is 5.32 Å². The zero-order valence-electron chi connectivity index (χ0n) is 15.2. The molecule has 0 aliphatic heterocycles. The zero-order chi connectivity index (χ0) is 21.3. The summed E-state index contributed by atoms with van der Waals surface area (Å²) >= 11 is 4.60. The molecule has 30 heavy (non-hydrogen) atoms. The van der Waals surface area contributed by atoms with Crippen LogP contribution in [0.5, 0.6) is 0 Å². The molecule has 0 aliphatic rings. The molecule has 2 heterocycles. The number of hydrogen-bond acceptors (Lipinski definition) is 6. The van der Waals surface area contributed by atoms with Crippen LogP contribution in [-0.2, 0) is 11.3 Å². The normalized spacial score (nSPS) is 10.8. The highest BCUT2D eigenvalue weighted by molar-refractivity contribution is 9.10. The number of carbonyl (C=O) groups excluding carboxylic acids is 1. The van der Waals surface area contributed by atoms with Gasteiger partial charge in [0.25, 0.3) is 11.2 Å². The predicted molar refractivity (Wildman–Crippen MR) is 119 cm³/mol. The van der Waals surface area contributed by atoms with Crippen LogP contribution in [-0.4, -0.2) is 20.4 Å². The van der Waals surface area contributed by atoms with E-state index in [-0.39, 0.29) is 23.7 Å². The number of aromatic nitrogens is 2. The first-order valence-corrected chi connectivity index (χ1v) is 10.4. The lowest BCUT2D eigenvalue weighted by Crippen LogP contribution is -2.27. The fourth-order valence-corrected chi connectivity index (χ4v) is 4.14. The number of nitro groups is 1. The summed E-state index contributed by atoms with van der Waals surface area (Å²) in [5.41, 5.74) is 1.27. The maximum absolute atomic E-state index is 13.0. The van der Waals surface area contributed by atoms with Crippen LogP contribution < -0.4 is 10.9 Å². The molecule has 0 fully saturated rings. The van der Waals surface area contributed by atoms with Gasteiger partial charge in [0.05, 0.1) is 16.6 Å². The lowest BCUT2D eigenvalue weighted by Gasteiger charge is -2.08. The van der Waals surface area contributed by atoms with E-state index >= 15 is 0 Å². The van der Waals surface area contributed by atoms with E-state index in [1.165, 1.54) is 34.4 Å². The molecule has 2 aromatic heterocycles. The molecule has 0 unspecified atom stereocenters. The third-order valence-electron chi connectivity index (χ3n) is 4.37. The molecule has 1 amide bonds. The zero-order valence-corrected chi connectivity index (χ0v) is 17.6. The Bertz CT molecular complexity index is 1330. The van der Waals surface area contributed by atoms with Gasteiger partial charge in [-0.15, -0.1) is 11.3 Å². The Morgan fingerprint density at radius 2 is 2.00 bits per heavy atom. The number of nitrogens with one attached hydrogen (secondary N) is 1. The highest BCUT2D eigenvalue weighted by Crippen LogP contribution is 2.32. The molecule has 0 saturated heterocycles. The molecule has 0 atom stereocenters. The summed E-state index contributed by atoms with van der Waals surface area (Å²) in [6.07, 6.45) is 1.33. The number of fused-ring (bicyclic) bond motifs is 1. The minimum absolute atomic E-state index is 0.0649. The van der Waals surface area contributed by atoms with Gasteiger partial charge in [0.2, 0.25) is 5.91 Å². The van der Waals surface area contributed by atoms with Crippen LogP contribution in [0.25, 0.3) is 21.3 Å². The van der Waals surface area contributed by atoms with Crippen LogP contribution in [0.2, 0.25) is 0 Å². The summed E-state index contributed by atoms with van der Waals surface area (Å²) in [6.45, 7) is -0.206. The number of amides is 1. The molecular weight excluding hydrogens is 472 g/mol. The molecule has 2 aromatic carbocycles. The summed E-state index contributed by atoms with van der Waals surface area (Å²) in [4.78, 5) is 40.8. The number of thiophene rings is 1. The maximum atomic E-state index is 13.0. The minimum atomic E-state index is -0.485. The lowest BCUT2D eigenvalue weighted by atomic mass is 10.1. The van der Waals surface area contributed by atoms with Gasteiger partial charge in [-0.1, -0.05) is 28.1 Å². The van der Waals surface area contributed by atoms with Gasteiger partial charge in [-0.3, -0.25) is 24.3 Å². The van der Waals surface area contributed by atoms with E-state index in [1.54, 1.807) is 41.8 Å². The third kappa shape index (κ3) is 4.00. The molecule has 150 valence electrons. The van der Waals surface area contributed by atoms with Gasteiger partial charge in [0.1, 0.15) is 11.4 Å². The number of rotatable bonds is 5. The number of hydrogen-bond donors (Lipinski definition) is 1. The van der Waals surface area contributed by atoms with Crippen LogP contribution in [0.15, 0.2) is 69.5 Å². The number of benzene rings is 2. The van der Waals surface area contributed by atoms with Crippen molar-refractivity contribution in [1.82, 2.24) is 9.55 Å². The van der Waals surface area contributed by atoms with Crippen molar-refractivity contribution in [3.63, 3.8) is 0 Å². The maximum Gasteiger partial charge on any atom is 0.270 e. The van der Waals surface area contributed by atoms with E-state index in [2.05, 4.69) is 26.2 Å². The van der Waals surface area contributed by atoms with E-state index in [0.29, 0.717) is 27.0 Å². The first-order chi connectivity index (χ1) is 14.4. The van der Waals surface area contributed by atoms with Crippen molar-refractivity contribution in [3.05, 3.63) is 85.2 Å². The minimum Gasteiger partial charge on any atom is -0.325 e. The number of halogens is 1. The van der Waals surface area contributed by atoms with E-state index in [0.717, 1.165) is 4.47 Å². The van der Waals surface area contributed by atoms with Gasteiger partial charge in [-0.25, -0.2) is 4.98 Å². The second-order valence-corrected chi connectivity index (χ2v) is 8.14. The standard InChI is InChI=1S/C20H13BrN4O4S/c21-13-4-6-14(7-5-13)23-17(26)9-24-11-22-19-18(20(24)27)16(10-30-19)12-2-1-3-15(8-12)25(28)29/h1-8,10-11H,9H2,(H,23,26). The van der Waals surface area contributed by atoms with Crippen molar-refractivity contribution in [2.45, 2.75) is 6.54 Å². The van der Waals surface area contributed by atoms with Gasteiger partial charge in [0.15, 0.2) is 0 Å². The van der Waals surface area contributed by atoms with Gasteiger partial charge >= 0.3 is 0 Å². The van der Waals surface area contributed by atoms with Crippen LogP contribution in [0, 0.1) is 10.1 Å². The Balaban J connectivity index is 1.67. The summed E-state index contributed by atoms with van der Waals surface area (Å²) in [6, 6.07) is 13.2. The molecule has 0 aliphatic carbocycles. The van der Waals surface area contributed by atoms with E-state index in [4.69, 9.17) is 0 Å². The number of nitro benzene ring substituents is 1. The smallest absolute Gasteiger partial charge is 0.270 e. The SMILES string of the molecule is O=C(Cn1cnc2scc(-c3cccc([N+](=O)[O-])c3)c2c1=O)Nc1ccc(Br)cc1. The molecule has 4 aromatic rings. The van der Waals surface area contributed by atoms with Crippen LogP contribution in [0.1, 0.15) is 0 Å². The van der Waals surface area contributed by atoms with Crippen molar-refractivity contribution in [1.29, 1.82) is 0 Å². The fourth-order valence-electron chi connectivity index (χ4n) is 2.97.